The van der Waals surface area contributed by atoms with Crippen molar-refractivity contribution < 1.29 is 14.3 Å². The highest BCUT2D eigenvalue weighted by Crippen LogP contribution is 2.04. The molecule has 0 rings (SSSR count). The second-order valence-electron chi connectivity index (χ2n) is 2.89. The van der Waals surface area contributed by atoms with E-state index in [1.54, 1.807) is 0 Å². The van der Waals surface area contributed by atoms with Gasteiger partial charge in [0.05, 0.1) is 0 Å². The average molecular weight is 205 g/mol. The van der Waals surface area contributed by atoms with Crippen molar-refractivity contribution in [3.8, 4) is 0 Å². The van der Waals surface area contributed by atoms with Crippen LogP contribution in [0, 0.1) is 0 Å². The predicted molar refractivity (Wildman–Crippen MR) is 51.9 cm³/mol. The third-order valence-electron chi connectivity index (χ3n) is 1.68. The first kappa shape index (κ1) is 12.8. The summed E-state index contributed by atoms with van der Waals surface area (Å²) in [4.78, 5) is 14.2. The molecular weight excluding hydrogens is 189 g/mol. The van der Waals surface area contributed by atoms with Gasteiger partial charge in [-0.3, -0.25) is 4.99 Å². The maximum absolute atomic E-state index is 11.9. The molecule has 5 nitrogen and oxygen atoms in total. The molecule has 82 valence electrons. The van der Waals surface area contributed by atoms with Crippen molar-refractivity contribution in [2.24, 2.45) is 16.5 Å². The van der Waals surface area contributed by atoms with Crippen LogP contribution < -0.4 is 11.5 Å². The summed E-state index contributed by atoms with van der Waals surface area (Å²) in [7, 11) is 0. The zero-order valence-corrected chi connectivity index (χ0v) is 7.95. The molecule has 0 spiro atoms. The summed E-state index contributed by atoms with van der Waals surface area (Å²) >= 11 is 0. The number of alkyl halides is 1. The fourth-order valence-electron chi connectivity index (χ4n) is 0.960. The van der Waals surface area contributed by atoms with Gasteiger partial charge in [-0.2, -0.15) is 0 Å². The van der Waals surface area contributed by atoms with Crippen molar-refractivity contribution in [1.29, 1.82) is 0 Å². The largest absolute Gasteiger partial charge is 0.480 e. The van der Waals surface area contributed by atoms with Gasteiger partial charge < -0.3 is 16.6 Å². The fourth-order valence-corrected chi connectivity index (χ4v) is 0.960. The average Bonchev–Trinajstić information content (AvgIpc) is 2.16. The van der Waals surface area contributed by atoms with Crippen molar-refractivity contribution in [2.75, 3.05) is 13.2 Å². The van der Waals surface area contributed by atoms with E-state index in [0.717, 1.165) is 6.42 Å². The Labute approximate surface area is 82.0 Å². The molecule has 0 aromatic rings. The van der Waals surface area contributed by atoms with Gasteiger partial charge in [-0.1, -0.05) is 0 Å². The topological polar surface area (TPSA) is 102 Å². The Hall–Kier alpha value is -1.17. The highest BCUT2D eigenvalue weighted by molar-refractivity contribution is 5.85. The summed E-state index contributed by atoms with van der Waals surface area (Å²) in [6.45, 7) is -0.407. The first-order chi connectivity index (χ1) is 6.61. The Kier molecular flexibility index (Phi) is 6.65. The van der Waals surface area contributed by atoms with Gasteiger partial charge in [0.15, 0.2) is 0 Å². The van der Waals surface area contributed by atoms with E-state index < -0.39 is 18.7 Å². The van der Waals surface area contributed by atoms with Gasteiger partial charge in [0.2, 0.25) is 0 Å². The first-order valence-corrected chi connectivity index (χ1v) is 4.42. The number of carbonyl (C=O) groups is 1. The third kappa shape index (κ3) is 5.47. The summed E-state index contributed by atoms with van der Waals surface area (Å²) in [5.41, 5.74) is 10.4. The number of aliphatic imine (C=N–C) groups is 1. The van der Waals surface area contributed by atoms with Crippen molar-refractivity contribution in [3.63, 3.8) is 0 Å². The predicted octanol–water partition coefficient (Wildman–Crippen LogP) is -0.105. The molecule has 0 aliphatic heterocycles. The standard InChI is InChI=1S/C8H16FN3O2/c9-5-7(11)12-6(8(13)14)3-1-2-4-10/h6H,1-5,10H2,(H2,11,12)(H,13,14)/t6-/m0/s1. The van der Waals surface area contributed by atoms with Gasteiger partial charge in [0.1, 0.15) is 18.6 Å². The molecule has 14 heavy (non-hydrogen) atoms. The van der Waals surface area contributed by atoms with Crippen LogP contribution in [0.1, 0.15) is 19.3 Å². The first-order valence-electron chi connectivity index (χ1n) is 4.42. The van der Waals surface area contributed by atoms with E-state index in [9.17, 15) is 9.18 Å². The van der Waals surface area contributed by atoms with Crippen LogP contribution in [-0.4, -0.2) is 36.2 Å². The maximum Gasteiger partial charge on any atom is 0.328 e. The Morgan fingerprint density at radius 3 is 2.57 bits per heavy atom. The van der Waals surface area contributed by atoms with Crippen LogP contribution in [0.3, 0.4) is 0 Å². The fraction of sp³-hybridized carbons (Fsp3) is 0.750. The molecule has 0 saturated heterocycles. The van der Waals surface area contributed by atoms with Gasteiger partial charge in [0, 0.05) is 0 Å². The van der Waals surface area contributed by atoms with E-state index in [0.29, 0.717) is 19.4 Å². The number of hydrogen-bond acceptors (Lipinski definition) is 3. The summed E-state index contributed by atoms with van der Waals surface area (Å²) in [5, 5.41) is 8.70. The van der Waals surface area contributed by atoms with Crippen LogP contribution in [0.2, 0.25) is 0 Å². The van der Waals surface area contributed by atoms with E-state index in [1.165, 1.54) is 0 Å². The molecule has 0 aliphatic rings. The zero-order chi connectivity index (χ0) is 11.0. The van der Waals surface area contributed by atoms with Gasteiger partial charge in [-0.25, -0.2) is 9.18 Å². The molecule has 0 heterocycles. The molecule has 0 aromatic heterocycles. The van der Waals surface area contributed by atoms with Gasteiger partial charge in [-0.15, -0.1) is 0 Å². The number of rotatable bonds is 7. The molecule has 0 amide bonds. The molecule has 0 aliphatic carbocycles. The molecule has 0 saturated carbocycles. The molecule has 6 heteroatoms. The number of carboxylic acids is 1. The van der Waals surface area contributed by atoms with Crippen LogP contribution >= 0.6 is 0 Å². The smallest absolute Gasteiger partial charge is 0.328 e. The van der Waals surface area contributed by atoms with Crippen LogP contribution in [0.4, 0.5) is 4.39 Å². The summed E-state index contributed by atoms with van der Waals surface area (Å²) in [6.07, 6.45) is 1.72. The lowest BCUT2D eigenvalue weighted by molar-refractivity contribution is -0.138. The van der Waals surface area contributed by atoms with Crippen LogP contribution in [0.25, 0.3) is 0 Å². The highest BCUT2D eigenvalue weighted by Gasteiger charge is 2.15. The number of aliphatic carboxylic acids is 1. The number of nitrogens with zero attached hydrogens (tertiary/aromatic N) is 1. The third-order valence-corrected chi connectivity index (χ3v) is 1.68. The lowest BCUT2D eigenvalue weighted by Gasteiger charge is -2.07. The number of halogens is 1. The summed E-state index contributed by atoms with van der Waals surface area (Å²) < 4.78 is 11.9. The SMILES string of the molecule is NCCCC[C@H](N=C(N)CF)C(=O)O. The molecule has 0 fully saturated rings. The van der Waals surface area contributed by atoms with Crippen LogP contribution in [0.15, 0.2) is 4.99 Å². The summed E-state index contributed by atoms with van der Waals surface area (Å²) in [5.74, 6) is -1.36. The normalized spacial score (nSPS) is 14.0. The number of hydrogen-bond donors (Lipinski definition) is 3. The number of amidine groups is 1. The zero-order valence-electron chi connectivity index (χ0n) is 7.95. The van der Waals surface area contributed by atoms with E-state index >= 15 is 0 Å². The van der Waals surface area contributed by atoms with Gasteiger partial charge in [-0.05, 0) is 25.8 Å². The molecule has 0 radical (unpaired) electrons. The number of nitrogens with two attached hydrogens (primary N) is 2. The van der Waals surface area contributed by atoms with E-state index in [2.05, 4.69) is 4.99 Å². The molecule has 5 N–H and O–H groups in total. The lowest BCUT2D eigenvalue weighted by Crippen LogP contribution is -2.24. The lowest BCUT2D eigenvalue weighted by atomic mass is 10.1. The van der Waals surface area contributed by atoms with Crippen molar-refractivity contribution in [2.45, 2.75) is 25.3 Å². The van der Waals surface area contributed by atoms with E-state index in [-0.39, 0.29) is 5.84 Å². The highest BCUT2D eigenvalue weighted by atomic mass is 19.1. The van der Waals surface area contributed by atoms with E-state index in [1.807, 2.05) is 0 Å². The minimum absolute atomic E-state index is 0.273. The second kappa shape index (κ2) is 7.25. The molecule has 0 bridgehead atoms. The van der Waals surface area contributed by atoms with E-state index in [4.69, 9.17) is 16.6 Å². The van der Waals surface area contributed by atoms with Gasteiger partial charge >= 0.3 is 5.97 Å². The van der Waals surface area contributed by atoms with Gasteiger partial charge in [0.25, 0.3) is 0 Å². The van der Waals surface area contributed by atoms with Crippen molar-refractivity contribution in [3.05, 3.63) is 0 Å². The molecule has 1 atom stereocenters. The second-order valence-corrected chi connectivity index (χ2v) is 2.89. The minimum Gasteiger partial charge on any atom is -0.480 e. The Balaban J connectivity index is 4.09. The Bertz CT molecular complexity index is 209. The van der Waals surface area contributed by atoms with Crippen molar-refractivity contribution in [1.82, 2.24) is 0 Å². The van der Waals surface area contributed by atoms with Crippen LogP contribution in [-0.2, 0) is 4.79 Å². The monoisotopic (exact) mass is 205 g/mol. The minimum atomic E-state index is -1.08. The summed E-state index contributed by atoms with van der Waals surface area (Å²) in [6, 6.07) is -0.947. The molecule has 0 unspecified atom stereocenters. The molecule has 0 aromatic carbocycles. The number of unbranched alkanes of at least 4 members (excludes halogenated alkanes) is 1. The van der Waals surface area contributed by atoms with Crippen molar-refractivity contribution >= 4 is 11.8 Å². The Morgan fingerprint density at radius 1 is 1.50 bits per heavy atom. The Morgan fingerprint density at radius 2 is 2.14 bits per heavy atom. The number of carboxylic acid groups (broad SMARTS) is 1. The van der Waals surface area contributed by atoms with Crippen LogP contribution in [0.5, 0.6) is 0 Å². The quantitative estimate of drug-likeness (QED) is 0.306. The maximum atomic E-state index is 11.9. The molecular formula is C8H16FN3O2.